The van der Waals surface area contributed by atoms with Crippen molar-refractivity contribution in [3.05, 3.63) is 0 Å². The fourth-order valence-electron chi connectivity index (χ4n) is 2.45. The van der Waals surface area contributed by atoms with Crippen molar-refractivity contribution in [3.63, 3.8) is 0 Å². The van der Waals surface area contributed by atoms with Gasteiger partial charge in [-0.05, 0) is 18.3 Å². The number of rotatable bonds is 8. The zero-order chi connectivity index (χ0) is 14.3. The summed E-state index contributed by atoms with van der Waals surface area (Å²) in [7, 11) is 3.66. The van der Waals surface area contributed by atoms with Crippen molar-refractivity contribution < 1.29 is 9.53 Å². The molecule has 3 nitrogen and oxygen atoms in total. The summed E-state index contributed by atoms with van der Waals surface area (Å²) in [5.41, 5.74) is 0. The van der Waals surface area contributed by atoms with Gasteiger partial charge in [0.1, 0.15) is 0 Å². The van der Waals surface area contributed by atoms with Crippen molar-refractivity contribution in [2.75, 3.05) is 14.2 Å². The Labute approximate surface area is 113 Å². The van der Waals surface area contributed by atoms with Crippen LogP contribution in [0, 0.1) is 11.8 Å². The Morgan fingerprint density at radius 3 is 2.06 bits per heavy atom. The average Bonchev–Trinajstić information content (AvgIpc) is 2.33. The lowest BCUT2D eigenvalue weighted by atomic mass is 9.91. The third kappa shape index (κ3) is 4.97. The summed E-state index contributed by atoms with van der Waals surface area (Å²) in [5.74, 6) is 1.09. The maximum absolute atomic E-state index is 12.2. The second-order valence-corrected chi connectivity index (χ2v) is 5.66. The highest BCUT2D eigenvalue weighted by atomic mass is 16.5. The van der Waals surface area contributed by atoms with Crippen LogP contribution >= 0.6 is 0 Å². The molecule has 0 fully saturated rings. The number of ether oxygens (including phenoxy) is 1. The maximum Gasteiger partial charge on any atom is 0.222 e. The highest BCUT2D eigenvalue weighted by molar-refractivity contribution is 5.76. The van der Waals surface area contributed by atoms with E-state index in [2.05, 4.69) is 34.6 Å². The predicted octanol–water partition coefficient (Wildman–Crippen LogP) is 3.33. The van der Waals surface area contributed by atoms with Crippen LogP contribution in [-0.4, -0.2) is 37.1 Å². The summed E-state index contributed by atoms with van der Waals surface area (Å²) in [4.78, 5) is 14.1. The lowest BCUT2D eigenvalue weighted by Gasteiger charge is -2.37. The first-order valence-corrected chi connectivity index (χ1v) is 7.17. The first kappa shape index (κ1) is 17.4. The minimum Gasteiger partial charge on any atom is -0.379 e. The molecule has 0 saturated carbocycles. The molecule has 2 unspecified atom stereocenters. The SMILES string of the molecule is CCC(C)C([C@@H](CC)OC)N(C)C(=O)CC(C)C. The number of likely N-dealkylation sites (N-methyl/N-ethyl adjacent to an activating group) is 1. The molecule has 0 aliphatic heterocycles. The molecule has 0 radical (unpaired) electrons. The van der Waals surface area contributed by atoms with Gasteiger partial charge >= 0.3 is 0 Å². The minimum absolute atomic E-state index is 0.126. The Morgan fingerprint density at radius 1 is 1.17 bits per heavy atom. The van der Waals surface area contributed by atoms with Crippen LogP contribution < -0.4 is 0 Å². The molecule has 0 aromatic heterocycles. The van der Waals surface area contributed by atoms with Crippen LogP contribution in [0.1, 0.15) is 53.9 Å². The van der Waals surface area contributed by atoms with E-state index < -0.39 is 0 Å². The molecular weight excluding hydrogens is 226 g/mol. The number of hydrogen-bond donors (Lipinski definition) is 0. The molecule has 0 rings (SSSR count). The minimum atomic E-state index is 0.126. The molecule has 0 N–H and O–H groups in total. The van der Waals surface area contributed by atoms with E-state index in [1.165, 1.54) is 0 Å². The number of amides is 1. The fourth-order valence-corrected chi connectivity index (χ4v) is 2.45. The maximum atomic E-state index is 12.2. The molecule has 0 spiro atoms. The standard InChI is InChI=1S/C15H31NO2/c1-8-12(5)15(13(9-2)18-7)16(6)14(17)10-11(3)4/h11-13,15H,8-10H2,1-7H3/t12?,13-,15?/m1/s1. The molecule has 0 aromatic carbocycles. The van der Waals surface area contributed by atoms with Gasteiger partial charge in [-0.1, -0.05) is 41.0 Å². The zero-order valence-electron chi connectivity index (χ0n) is 13.2. The lowest BCUT2D eigenvalue weighted by molar-refractivity contribution is -0.137. The van der Waals surface area contributed by atoms with E-state index in [9.17, 15) is 4.79 Å². The number of carbonyl (C=O) groups excluding carboxylic acids is 1. The van der Waals surface area contributed by atoms with Crippen molar-refractivity contribution in [3.8, 4) is 0 Å². The summed E-state index contributed by atoms with van der Waals surface area (Å²) >= 11 is 0. The summed E-state index contributed by atoms with van der Waals surface area (Å²) in [6.07, 6.45) is 2.74. The van der Waals surface area contributed by atoms with Crippen molar-refractivity contribution in [1.29, 1.82) is 0 Å². The second-order valence-electron chi connectivity index (χ2n) is 5.66. The van der Waals surface area contributed by atoms with E-state index in [4.69, 9.17) is 4.74 Å². The van der Waals surface area contributed by atoms with Gasteiger partial charge in [0, 0.05) is 20.6 Å². The van der Waals surface area contributed by atoms with E-state index in [0.717, 1.165) is 12.8 Å². The molecule has 18 heavy (non-hydrogen) atoms. The van der Waals surface area contributed by atoms with Crippen LogP contribution in [0.4, 0.5) is 0 Å². The van der Waals surface area contributed by atoms with Crippen LogP contribution in [0.2, 0.25) is 0 Å². The van der Waals surface area contributed by atoms with Gasteiger partial charge in [-0.2, -0.15) is 0 Å². The third-order valence-corrected chi connectivity index (χ3v) is 3.74. The predicted molar refractivity (Wildman–Crippen MR) is 76.6 cm³/mol. The molecule has 108 valence electrons. The summed E-state index contributed by atoms with van der Waals surface area (Å²) < 4.78 is 5.57. The average molecular weight is 257 g/mol. The molecule has 0 aromatic rings. The smallest absolute Gasteiger partial charge is 0.222 e. The second kappa shape index (κ2) is 8.52. The number of methoxy groups -OCH3 is 1. The Hall–Kier alpha value is -0.570. The number of carbonyl (C=O) groups is 1. The van der Waals surface area contributed by atoms with E-state index in [1.54, 1.807) is 7.11 Å². The van der Waals surface area contributed by atoms with Gasteiger partial charge in [0.2, 0.25) is 5.91 Å². The van der Waals surface area contributed by atoms with Gasteiger partial charge < -0.3 is 9.64 Å². The highest BCUT2D eigenvalue weighted by Gasteiger charge is 2.31. The molecule has 0 aliphatic rings. The highest BCUT2D eigenvalue weighted by Crippen LogP contribution is 2.22. The van der Waals surface area contributed by atoms with Crippen molar-refractivity contribution in [1.82, 2.24) is 4.90 Å². The van der Waals surface area contributed by atoms with Gasteiger partial charge in [-0.25, -0.2) is 0 Å². The van der Waals surface area contributed by atoms with Crippen molar-refractivity contribution >= 4 is 5.91 Å². The van der Waals surface area contributed by atoms with Gasteiger partial charge in [0.05, 0.1) is 12.1 Å². The Kier molecular flexibility index (Phi) is 8.25. The lowest BCUT2D eigenvalue weighted by Crippen LogP contribution is -2.49. The Balaban J connectivity index is 4.89. The molecule has 3 heteroatoms. The van der Waals surface area contributed by atoms with Crippen molar-refractivity contribution in [2.24, 2.45) is 11.8 Å². The first-order valence-electron chi connectivity index (χ1n) is 7.17. The molecule has 3 atom stereocenters. The molecular formula is C15H31NO2. The summed E-state index contributed by atoms with van der Waals surface area (Å²) in [6.45, 7) is 10.6. The largest absolute Gasteiger partial charge is 0.379 e. The molecule has 0 aliphatic carbocycles. The topological polar surface area (TPSA) is 29.5 Å². The fraction of sp³-hybridized carbons (Fsp3) is 0.933. The third-order valence-electron chi connectivity index (χ3n) is 3.74. The van der Waals surface area contributed by atoms with Gasteiger partial charge in [-0.3, -0.25) is 4.79 Å². The van der Waals surface area contributed by atoms with E-state index in [0.29, 0.717) is 18.3 Å². The zero-order valence-corrected chi connectivity index (χ0v) is 13.2. The van der Waals surface area contributed by atoms with E-state index in [-0.39, 0.29) is 18.1 Å². The van der Waals surface area contributed by atoms with Crippen LogP contribution in [0.5, 0.6) is 0 Å². The van der Waals surface area contributed by atoms with E-state index >= 15 is 0 Å². The van der Waals surface area contributed by atoms with Crippen LogP contribution in [0.15, 0.2) is 0 Å². The van der Waals surface area contributed by atoms with Crippen LogP contribution in [0.3, 0.4) is 0 Å². The van der Waals surface area contributed by atoms with E-state index in [1.807, 2.05) is 11.9 Å². The van der Waals surface area contributed by atoms with Crippen LogP contribution in [-0.2, 0) is 9.53 Å². The quantitative estimate of drug-likeness (QED) is 0.667. The van der Waals surface area contributed by atoms with Gasteiger partial charge in [0.15, 0.2) is 0 Å². The number of nitrogens with zero attached hydrogens (tertiary/aromatic N) is 1. The van der Waals surface area contributed by atoms with Gasteiger partial charge in [-0.15, -0.1) is 0 Å². The first-order chi connectivity index (χ1) is 8.38. The Bertz CT molecular complexity index is 237. The van der Waals surface area contributed by atoms with Crippen molar-refractivity contribution in [2.45, 2.75) is 66.0 Å². The summed E-state index contributed by atoms with van der Waals surface area (Å²) in [6, 6.07) is 0.177. The summed E-state index contributed by atoms with van der Waals surface area (Å²) in [5, 5.41) is 0. The number of hydrogen-bond acceptors (Lipinski definition) is 2. The molecule has 0 bridgehead atoms. The molecule has 1 amide bonds. The molecule has 0 heterocycles. The Morgan fingerprint density at radius 2 is 1.72 bits per heavy atom. The molecule has 0 saturated heterocycles. The normalized spacial score (nSPS) is 16.4. The monoisotopic (exact) mass is 257 g/mol. The van der Waals surface area contributed by atoms with Crippen LogP contribution in [0.25, 0.3) is 0 Å². The van der Waals surface area contributed by atoms with Gasteiger partial charge in [0.25, 0.3) is 0 Å².